The number of carbonyl (C=O) groups is 1. The fraction of sp³-hybridized carbons (Fsp3) is 0.0952. The molecule has 0 aliphatic heterocycles. The third kappa shape index (κ3) is 3.36. The van der Waals surface area contributed by atoms with Crippen molar-refractivity contribution in [1.29, 1.82) is 5.41 Å². The van der Waals surface area contributed by atoms with E-state index < -0.39 is 11.5 Å². The summed E-state index contributed by atoms with van der Waals surface area (Å²) in [6.45, 7) is 2.12. The summed E-state index contributed by atoms with van der Waals surface area (Å²) in [7, 11) is 0. The van der Waals surface area contributed by atoms with E-state index in [-0.39, 0.29) is 11.1 Å². The number of fused-ring (bicyclic) bond motifs is 3. The van der Waals surface area contributed by atoms with Crippen molar-refractivity contribution >= 4 is 43.8 Å². The largest absolute Gasteiger partial charge is 0.438 e. The van der Waals surface area contributed by atoms with E-state index in [1.54, 1.807) is 12.1 Å². The maximum atomic E-state index is 12.6. The van der Waals surface area contributed by atoms with Gasteiger partial charge >= 0.3 is 5.63 Å². The molecule has 0 unspecified atom stereocenters. The predicted molar refractivity (Wildman–Crippen MR) is 108 cm³/mol. The lowest BCUT2D eigenvalue weighted by Gasteiger charge is -2.08. The highest BCUT2D eigenvalue weighted by Crippen LogP contribution is 2.26. The van der Waals surface area contributed by atoms with Gasteiger partial charge in [-0.25, -0.2) is 4.79 Å². The Morgan fingerprint density at radius 1 is 1.11 bits per heavy atom. The monoisotopic (exact) mass is 438 g/mol. The van der Waals surface area contributed by atoms with Gasteiger partial charge in [-0.05, 0) is 48.4 Å². The number of benzene rings is 2. The van der Waals surface area contributed by atoms with Gasteiger partial charge in [-0.3, -0.25) is 10.2 Å². The van der Waals surface area contributed by atoms with Gasteiger partial charge in [0.2, 0.25) is 5.55 Å². The van der Waals surface area contributed by atoms with Crippen molar-refractivity contribution < 1.29 is 13.6 Å². The highest BCUT2D eigenvalue weighted by molar-refractivity contribution is 9.10. The predicted octanol–water partition coefficient (Wildman–Crippen LogP) is 4.02. The fourth-order valence-corrected chi connectivity index (χ4v) is 3.53. The molecule has 28 heavy (non-hydrogen) atoms. The smallest absolute Gasteiger partial charge is 0.336 e. The van der Waals surface area contributed by atoms with Gasteiger partial charge in [0.15, 0.2) is 0 Å². The molecule has 7 heteroatoms. The molecule has 4 aromatic rings. The van der Waals surface area contributed by atoms with Crippen molar-refractivity contribution in [1.82, 2.24) is 5.32 Å². The first kappa shape index (κ1) is 18.2. The van der Waals surface area contributed by atoms with Crippen LogP contribution in [0.5, 0.6) is 0 Å². The van der Waals surface area contributed by atoms with Gasteiger partial charge in [0.05, 0.1) is 5.39 Å². The highest BCUT2D eigenvalue weighted by atomic mass is 79.9. The molecule has 0 fully saturated rings. The summed E-state index contributed by atoms with van der Waals surface area (Å²) in [5, 5.41) is 12.1. The highest BCUT2D eigenvalue weighted by Gasteiger charge is 2.15. The fourth-order valence-electron chi connectivity index (χ4n) is 3.08. The van der Waals surface area contributed by atoms with Gasteiger partial charge in [-0.1, -0.05) is 28.1 Å². The minimum absolute atomic E-state index is 0.0687. The van der Waals surface area contributed by atoms with Crippen LogP contribution >= 0.6 is 15.9 Å². The number of carbonyl (C=O) groups excluding carboxylic acids is 1. The second-order valence-corrected chi connectivity index (χ2v) is 7.32. The minimum atomic E-state index is -0.479. The molecule has 0 bridgehead atoms. The quantitative estimate of drug-likeness (QED) is 0.372. The average Bonchev–Trinajstić information content (AvgIpc) is 2.65. The van der Waals surface area contributed by atoms with Gasteiger partial charge < -0.3 is 14.2 Å². The van der Waals surface area contributed by atoms with Crippen molar-refractivity contribution in [3.8, 4) is 0 Å². The maximum absolute atomic E-state index is 12.6. The first-order chi connectivity index (χ1) is 13.4. The number of nitrogens with one attached hydrogen (secondary N) is 2. The molecule has 0 radical (unpaired) electrons. The van der Waals surface area contributed by atoms with E-state index >= 15 is 0 Å². The molecule has 0 spiro atoms. The SMILES string of the molecule is Cc1cc(=O)oc2c1ccc1oc(=N)c(C(=O)NCc3cccc(Br)c3)cc12. The first-order valence-corrected chi connectivity index (χ1v) is 9.30. The third-order valence-electron chi connectivity index (χ3n) is 4.45. The zero-order valence-electron chi connectivity index (χ0n) is 14.8. The van der Waals surface area contributed by atoms with E-state index in [1.165, 1.54) is 12.1 Å². The molecule has 0 saturated heterocycles. The van der Waals surface area contributed by atoms with Crippen LogP contribution in [0.15, 0.2) is 66.6 Å². The lowest BCUT2D eigenvalue weighted by molar-refractivity contribution is 0.0946. The summed E-state index contributed by atoms with van der Waals surface area (Å²) in [4.78, 5) is 24.4. The number of hydrogen-bond acceptors (Lipinski definition) is 5. The molecule has 2 heterocycles. The zero-order valence-corrected chi connectivity index (χ0v) is 16.4. The van der Waals surface area contributed by atoms with Crippen LogP contribution in [0.1, 0.15) is 21.5 Å². The van der Waals surface area contributed by atoms with Crippen LogP contribution in [0.2, 0.25) is 0 Å². The third-order valence-corrected chi connectivity index (χ3v) is 4.94. The Labute approximate surface area is 167 Å². The van der Waals surface area contributed by atoms with E-state index in [9.17, 15) is 9.59 Å². The van der Waals surface area contributed by atoms with Gasteiger partial charge in [0.25, 0.3) is 5.91 Å². The van der Waals surface area contributed by atoms with Gasteiger partial charge in [-0.15, -0.1) is 0 Å². The topological polar surface area (TPSA) is 96.3 Å². The molecular weight excluding hydrogens is 424 g/mol. The summed E-state index contributed by atoms with van der Waals surface area (Å²) in [6.07, 6.45) is 0. The Morgan fingerprint density at radius 2 is 1.93 bits per heavy atom. The van der Waals surface area contributed by atoms with Crippen LogP contribution in [0.3, 0.4) is 0 Å². The number of rotatable bonds is 3. The summed E-state index contributed by atoms with van der Waals surface area (Å²) in [5.74, 6) is -0.442. The Bertz CT molecular complexity index is 1350. The second kappa shape index (κ2) is 7.09. The van der Waals surface area contributed by atoms with E-state index in [1.807, 2.05) is 31.2 Å². The molecule has 2 aromatic carbocycles. The van der Waals surface area contributed by atoms with Crippen LogP contribution in [-0.2, 0) is 6.54 Å². The summed E-state index contributed by atoms with van der Waals surface area (Å²) >= 11 is 3.39. The second-order valence-electron chi connectivity index (χ2n) is 6.40. The zero-order chi connectivity index (χ0) is 19.8. The van der Waals surface area contributed by atoms with Crippen LogP contribution < -0.4 is 16.5 Å². The van der Waals surface area contributed by atoms with Crippen molar-refractivity contribution in [3.63, 3.8) is 0 Å². The van der Waals surface area contributed by atoms with Crippen molar-refractivity contribution in [2.45, 2.75) is 13.5 Å². The molecule has 0 saturated carbocycles. The van der Waals surface area contributed by atoms with E-state index in [2.05, 4.69) is 21.2 Å². The Balaban J connectivity index is 1.77. The molecular formula is C21H15BrN2O4. The lowest BCUT2D eigenvalue weighted by Crippen LogP contribution is -2.27. The summed E-state index contributed by atoms with van der Waals surface area (Å²) in [6, 6.07) is 14.0. The first-order valence-electron chi connectivity index (χ1n) is 8.51. The molecule has 140 valence electrons. The van der Waals surface area contributed by atoms with Crippen LogP contribution in [0.25, 0.3) is 21.9 Å². The molecule has 1 amide bonds. The number of aryl methyl sites for hydroxylation is 1. The number of hydrogen-bond donors (Lipinski definition) is 2. The summed E-state index contributed by atoms with van der Waals surface area (Å²) < 4.78 is 11.8. The Kier molecular flexibility index (Phi) is 4.60. The standard InChI is InChI=1S/C21H15BrN2O4/c1-11-7-18(25)28-19-14(11)5-6-17-15(19)9-16(20(23)27-17)21(26)24-10-12-3-2-4-13(22)8-12/h2-9,23H,10H2,1H3,(H,24,26). The van der Waals surface area contributed by atoms with Crippen LogP contribution in [0, 0.1) is 12.3 Å². The molecule has 0 aliphatic carbocycles. The van der Waals surface area contributed by atoms with Crippen LogP contribution in [-0.4, -0.2) is 5.91 Å². The van der Waals surface area contributed by atoms with Gasteiger partial charge in [0, 0.05) is 22.5 Å². The van der Waals surface area contributed by atoms with E-state index in [0.29, 0.717) is 23.1 Å². The van der Waals surface area contributed by atoms with Crippen molar-refractivity contribution in [2.24, 2.45) is 0 Å². The minimum Gasteiger partial charge on any atom is -0.438 e. The molecule has 2 aromatic heterocycles. The van der Waals surface area contributed by atoms with Crippen molar-refractivity contribution in [2.75, 3.05) is 0 Å². The van der Waals surface area contributed by atoms with Gasteiger partial charge in [-0.2, -0.15) is 0 Å². The molecule has 4 rings (SSSR count). The maximum Gasteiger partial charge on any atom is 0.336 e. The molecule has 0 aliphatic rings. The number of halogens is 1. The van der Waals surface area contributed by atoms with E-state index in [4.69, 9.17) is 14.2 Å². The normalized spacial score (nSPS) is 11.1. The number of amides is 1. The average molecular weight is 439 g/mol. The molecule has 6 nitrogen and oxygen atoms in total. The molecule has 0 atom stereocenters. The lowest BCUT2D eigenvalue weighted by atomic mass is 10.1. The Morgan fingerprint density at radius 3 is 2.71 bits per heavy atom. The summed E-state index contributed by atoms with van der Waals surface area (Å²) in [5.41, 5.74) is 1.73. The van der Waals surface area contributed by atoms with Crippen molar-refractivity contribution in [3.05, 3.63) is 85.7 Å². The van der Waals surface area contributed by atoms with E-state index in [0.717, 1.165) is 21.0 Å². The molecule has 2 N–H and O–H groups in total. The van der Waals surface area contributed by atoms with Gasteiger partial charge in [0.1, 0.15) is 16.7 Å². The van der Waals surface area contributed by atoms with Crippen LogP contribution in [0.4, 0.5) is 0 Å². The Hall–Kier alpha value is -3.19.